The Morgan fingerprint density at radius 1 is 1.62 bits per heavy atom. The zero-order valence-electron chi connectivity index (χ0n) is 8.08. The zero-order chi connectivity index (χ0) is 10.3. The number of carbonyl (C=O) groups excluding carboxylic acids is 1. The van der Waals surface area contributed by atoms with E-state index in [1.807, 2.05) is 6.92 Å². The number of carbonyl (C=O) groups is 1. The Morgan fingerprint density at radius 3 is 2.62 bits per heavy atom. The fourth-order valence-corrected chi connectivity index (χ4v) is 1.01. The molecule has 0 aliphatic heterocycles. The van der Waals surface area contributed by atoms with Gasteiger partial charge in [-0.3, -0.25) is 4.79 Å². The summed E-state index contributed by atoms with van der Waals surface area (Å²) in [4.78, 5) is 13.4. The number of ether oxygens (including phenoxy) is 1. The van der Waals surface area contributed by atoms with Crippen LogP contribution in [0.5, 0.6) is 0 Å². The molecule has 4 nitrogen and oxygen atoms in total. The molecule has 0 aromatic carbocycles. The van der Waals surface area contributed by atoms with Crippen molar-refractivity contribution in [3.63, 3.8) is 0 Å². The van der Waals surface area contributed by atoms with Crippen molar-refractivity contribution < 1.29 is 9.53 Å². The molecule has 76 valence electrons. The Kier molecular flexibility index (Phi) is 6.44. The Hall–Kier alpha value is -0.680. The second-order valence-corrected chi connectivity index (χ2v) is 3.15. The Bertz CT molecular complexity index is 185. The fraction of sp³-hybridized carbons (Fsp3) is 0.750. The lowest BCUT2D eigenvalue weighted by Crippen LogP contribution is -2.35. The van der Waals surface area contributed by atoms with Crippen LogP contribution in [0.3, 0.4) is 0 Å². The maximum Gasteiger partial charge on any atom is 0.248 e. The number of methoxy groups -OCH3 is 1. The molecule has 13 heavy (non-hydrogen) atoms. The predicted molar refractivity (Wildman–Crippen MR) is 55.5 cm³/mol. The van der Waals surface area contributed by atoms with Gasteiger partial charge < -0.3 is 15.4 Å². The summed E-state index contributed by atoms with van der Waals surface area (Å²) in [7, 11) is 1.50. The quantitative estimate of drug-likeness (QED) is 0.626. The number of hydrogen-bond donors (Lipinski definition) is 1. The standard InChI is InChI=1S/C8H16N2O2S/c1-3-10(5-4-7(9)13)8(11)6-12-2/h3-6H2,1-2H3,(H2,9,13). The van der Waals surface area contributed by atoms with Gasteiger partial charge in [0.15, 0.2) is 0 Å². The van der Waals surface area contributed by atoms with Gasteiger partial charge in [0.1, 0.15) is 6.61 Å². The molecule has 0 atom stereocenters. The normalized spacial score (nSPS) is 9.69. The van der Waals surface area contributed by atoms with Crippen molar-refractivity contribution in [1.82, 2.24) is 4.90 Å². The van der Waals surface area contributed by atoms with Gasteiger partial charge in [0, 0.05) is 26.6 Å². The van der Waals surface area contributed by atoms with Gasteiger partial charge in [0.25, 0.3) is 0 Å². The van der Waals surface area contributed by atoms with Crippen LogP contribution in [0.1, 0.15) is 13.3 Å². The van der Waals surface area contributed by atoms with E-state index < -0.39 is 0 Å². The van der Waals surface area contributed by atoms with Crippen molar-refractivity contribution in [2.24, 2.45) is 5.73 Å². The van der Waals surface area contributed by atoms with Gasteiger partial charge in [-0.2, -0.15) is 0 Å². The molecular formula is C8H16N2O2S. The lowest BCUT2D eigenvalue weighted by Gasteiger charge is -2.19. The van der Waals surface area contributed by atoms with E-state index >= 15 is 0 Å². The number of likely N-dealkylation sites (N-methyl/N-ethyl adjacent to an activating group) is 1. The topological polar surface area (TPSA) is 55.6 Å². The summed E-state index contributed by atoms with van der Waals surface area (Å²) in [5, 5.41) is 0. The van der Waals surface area contributed by atoms with Crippen molar-refractivity contribution in [2.75, 3.05) is 26.8 Å². The Balaban J connectivity index is 3.87. The molecule has 0 aliphatic rings. The summed E-state index contributed by atoms with van der Waals surface area (Å²) < 4.78 is 4.74. The van der Waals surface area contributed by atoms with Gasteiger partial charge in [-0.1, -0.05) is 12.2 Å². The van der Waals surface area contributed by atoms with Gasteiger partial charge in [0.05, 0.1) is 4.99 Å². The first-order chi connectivity index (χ1) is 6.11. The molecule has 0 spiro atoms. The zero-order valence-corrected chi connectivity index (χ0v) is 8.89. The third-order valence-electron chi connectivity index (χ3n) is 1.63. The second-order valence-electron chi connectivity index (χ2n) is 2.62. The van der Waals surface area contributed by atoms with Crippen molar-refractivity contribution in [2.45, 2.75) is 13.3 Å². The Labute approximate surface area is 84.0 Å². The lowest BCUT2D eigenvalue weighted by molar-refractivity contribution is -0.134. The van der Waals surface area contributed by atoms with Crippen LogP contribution in [-0.4, -0.2) is 42.6 Å². The van der Waals surface area contributed by atoms with Gasteiger partial charge in [-0.25, -0.2) is 0 Å². The van der Waals surface area contributed by atoms with Gasteiger partial charge in [-0.15, -0.1) is 0 Å². The van der Waals surface area contributed by atoms with E-state index in [9.17, 15) is 4.79 Å². The largest absolute Gasteiger partial charge is 0.393 e. The summed E-state index contributed by atoms with van der Waals surface area (Å²) >= 11 is 4.72. The summed E-state index contributed by atoms with van der Waals surface area (Å²) in [5.74, 6) is -0.0266. The molecule has 0 bridgehead atoms. The smallest absolute Gasteiger partial charge is 0.248 e. The third kappa shape index (κ3) is 5.54. The van der Waals surface area contributed by atoms with E-state index in [2.05, 4.69) is 0 Å². The van der Waals surface area contributed by atoms with Crippen LogP contribution in [0, 0.1) is 0 Å². The highest BCUT2D eigenvalue weighted by Crippen LogP contribution is 1.93. The number of rotatable bonds is 6. The van der Waals surface area contributed by atoms with E-state index in [1.165, 1.54) is 7.11 Å². The van der Waals surface area contributed by atoms with Crippen LogP contribution in [0.4, 0.5) is 0 Å². The molecule has 0 aromatic rings. The van der Waals surface area contributed by atoms with Crippen LogP contribution < -0.4 is 5.73 Å². The summed E-state index contributed by atoms with van der Waals surface area (Å²) in [6.07, 6.45) is 0.568. The number of nitrogens with zero attached hydrogens (tertiary/aromatic N) is 1. The van der Waals surface area contributed by atoms with Crippen LogP contribution in [0.2, 0.25) is 0 Å². The third-order valence-corrected chi connectivity index (χ3v) is 1.83. The number of thiocarbonyl (C=S) groups is 1. The minimum Gasteiger partial charge on any atom is -0.393 e. The molecule has 2 N–H and O–H groups in total. The SMILES string of the molecule is CCN(CCC(N)=S)C(=O)COC. The number of nitrogens with two attached hydrogens (primary N) is 1. The lowest BCUT2D eigenvalue weighted by atomic mass is 10.3. The first-order valence-corrected chi connectivity index (χ1v) is 4.57. The minimum atomic E-state index is -0.0266. The maximum absolute atomic E-state index is 11.3. The molecule has 0 saturated heterocycles. The predicted octanol–water partition coefficient (Wildman–Crippen LogP) is 0.158. The molecule has 1 amide bonds. The van der Waals surface area contributed by atoms with Crippen LogP contribution in [0.15, 0.2) is 0 Å². The van der Waals surface area contributed by atoms with Crippen molar-refractivity contribution in [1.29, 1.82) is 0 Å². The van der Waals surface area contributed by atoms with Crippen LogP contribution in [0.25, 0.3) is 0 Å². The number of hydrogen-bond acceptors (Lipinski definition) is 3. The summed E-state index contributed by atoms with van der Waals surface area (Å²) in [6, 6.07) is 0. The minimum absolute atomic E-state index is 0.0266. The van der Waals surface area contributed by atoms with Crippen LogP contribution >= 0.6 is 12.2 Å². The average molecular weight is 204 g/mol. The van der Waals surface area contributed by atoms with E-state index in [4.69, 9.17) is 22.7 Å². The fourth-order valence-electron chi connectivity index (χ4n) is 0.919. The van der Waals surface area contributed by atoms with Gasteiger partial charge in [0.2, 0.25) is 5.91 Å². The highest BCUT2D eigenvalue weighted by atomic mass is 32.1. The second kappa shape index (κ2) is 6.80. The first kappa shape index (κ1) is 12.3. The highest BCUT2D eigenvalue weighted by Gasteiger charge is 2.10. The van der Waals surface area contributed by atoms with Crippen molar-refractivity contribution in [3.05, 3.63) is 0 Å². The van der Waals surface area contributed by atoms with E-state index in [-0.39, 0.29) is 12.5 Å². The molecule has 0 unspecified atom stereocenters. The van der Waals surface area contributed by atoms with E-state index in [0.717, 1.165) is 0 Å². The molecule has 0 fully saturated rings. The maximum atomic E-state index is 11.3. The molecule has 0 radical (unpaired) electrons. The first-order valence-electron chi connectivity index (χ1n) is 4.16. The highest BCUT2D eigenvalue weighted by molar-refractivity contribution is 7.80. The monoisotopic (exact) mass is 204 g/mol. The molecule has 5 heteroatoms. The van der Waals surface area contributed by atoms with Crippen LogP contribution in [-0.2, 0) is 9.53 Å². The van der Waals surface area contributed by atoms with Gasteiger partial charge in [-0.05, 0) is 6.92 Å². The average Bonchev–Trinajstić information content (AvgIpc) is 2.05. The van der Waals surface area contributed by atoms with E-state index in [0.29, 0.717) is 24.5 Å². The molecule has 0 aliphatic carbocycles. The van der Waals surface area contributed by atoms with E-state index in [1.54, 1.807) is 4.90 Å². The molecule has 0 aromatic heterocycles. The molecule has 0 heterocycles. The Morgan fingerprint density at radius 2 is 2.23 bits per heavy atom. The molecule has 0 saturated carbocycles. The number of amides is 1. The molecule has 0 rings (SSSR count). The van der Waals surface area contributed by atoms with Crippen molar-refractivity contribution in [3.8, 4) is 0 Å². The summed E-state index contributed by atoms with van der Waals surface area (Å²) in [6.45, 7) is 3.26. The molecular weight excluding hydrogens is 188 g/mol. The summed E-state index contributed by atoms with van der Waals surface area (Å²) in [5.41, 5.74) is 5.33. The van der Waals surface area contributed by atoms with Gasteiger partial charge >= 0.3 is 0 Å². The van der Waals surface area contributed by atoms with Crippen molar-refractivity contribution >= 4 is 23.1 Å².